The third-order valence-corrected chi connectivity index (χ3v) is 8.00. The largest absolute Gasteiger partial charge is 0.352 e. The number of hydrogen-bond acceptors (Lipinski definition) is 4. The number of hydrogen-bond donors (Lipinski definition) is 2. The average Bonchev–Trinajstić information content (AvgIpc) is 3.54. The van der Waals surface area contributed by atoms with Gasteiger partial charge in [-0.2, -0.15) is 0 Å². The molecule has 1 heterocycles. The Labute approximate surface area is 195 Å². The van der Waals surface area contributed by atoms with Gasteiger partial charge in [-0.1, -0.05) is 44.2 Å². The number of benzene rings is 2. The first-order chi connectivity index (χ1) is 15.8. The SMILES string of the molecule is CCC(C)c1ccccc1N1CC(C(=O)NCc2ccc(S(=O)(=O)NC3CC3)cc2)CC1=O. The number of nitrogens with zero attached hydrogens (tertiary/aromatic N) is 1. The molecule has 33 heavy (non-hydrogen) atoms. The first-order valence-corrected chi connectivity index (χ1v) is 13.0. The third kappa shape index (κ3) is 5.45. The lowest BCUT2D eigenvalue weighted by Crippen LogP contribution is -2.33. The highest BCUT2D eigenvalue weighted by Gasteiger charge is 2.36. The second-order valence-corrected chi connectivity index (χ2v) is 10.7. The van der Waals surface area contributed by atoms with Gasteiger partial charge >= 0.3 is 0 Å². The number of rotatable bonds is 9. The number of anilines is 1. The van der Waals surface area contributed by atoms with E-state index in [-0.39, 0.29) is 35.7 Å². The van der Waals surface area contributed by atoms with Crippen molar-refractivity contribution in [1.82, 2.24) is 10.0 Å². The average molecular weight is 470 g/mol. The molecule has 176 valence electrons. The zero-order valence-electron chi connectivity index (χ0n) is 19.1. The van der Waals surface area contributed by atoms with Crippen molar-refractivity contribution in [3.63, 3.8) is 0 Å². The molecule has 2 fully saturated rings. The summed E-state index contributed by atoms with van der Waals surface area (Å²) in [7, 11) is -3.49. The molecule has 0 radical (unpaired) electrons. The Balaban J connectivity index is 1.36. The predicted molar refractivity (Wildman–Crippen MR) is 127 cm³/mol. The third-order valence-electron chi connectivity index (χ3n) is 6.47. The van der Waals surface area contributed by atoms with E-state index in [2.05, 4.69) is 23.9 Å². The Bertz CT molecular complexity index is 1130. The van der Waals surface area contributed by atoms with Crippen LogP contribution < -0.4 is 14.9 Å². The molecule has 2 atom stereocenters. The number of sulfonamides is 1. The van der Waals surface area contributed by atoms with Gasteiger partial charge in [0, 0.05) is 31.2 Å². The van der Waals surface area contributed by atoms with Crippen LogP contribution in [-0.4, -0.2) is 32.8 Å². The molecule has 0 bridgehead atoms. The number of carbonyl (C=O) groups excluding carboxylic acids is 2. The highest BCUT2D eigenvalue weighted by Crippen LogP contribution is 2.33. The van der Waals surface area contributed by atoms with Crippen LogP contribution >= 0.6 is 0 Å². The highest BCUT2D eigenvalue weighted by atomic mass is 32.2. The normalized spacial score (nSPS) is 19.5. The van der Waals surface area contributed by atoms with Gasteiger partial charge in [-0.3, -0.25) is 9.59 Å². The Morgan fingerprint density at radius 1 is 1.12 bits per heavy atom. The van der Waals surface area contributed by atoms with Crippen molar-refractivity contribution >= 4 is 27.5 Å². The van der Waals surface area contributed by atoms with E-state index >= 15 is 0 Å². The van der Waals surface area contributed by atoms with Crippen LogP contribution in [0.3, 0.4) is 0 Å². The topological polar surface area (TPSA) is 95.6 Å². The number of carbonyl (C=O) groups is 2. The zero-order valence-corrected chi connectivity index (χ0v) is 19.9. The smallest absolute Gasteiger partial charge is 0.240 e. The summed E-state index contributed by atoms with van der Waals surface area (Å²) in [6.07, 6.45) is 2.92. The fourth-order valence-electron chi connectivity index (χ4n) is 4.09. The molecule has 2 unspecified atom stereocenters. The molecule has 8 heteroatoms. The summed E-state index contributed by atoms with van der Waals surface area (Å²) in [6, 6.07) is 14.5. The minimum atomic E-state index is -3.49. The van der Waals surface area contributed by atoms with Crippen LogP contribution in [0.1, 0.15) is 56.6 Å². The van der Waals surface area contributed by atoms with Crippen LogP contribution in [0.25, 0.3) is 0 Å². The zero-order chi connectivity index (χ0) is 23.6. The summed E-state index contributed by atoms with van der Waals surface area (Å²) in [6.45, 7) is 4.91. The molecule has 0 spiro atoms. The van der Waals surface area contributed by atoms with Crippen LogP contribution in [-0.2, 0) is 26.2 Å². The standard InChI is InChI=1S/C25H31N3O4S/c1-3-17(2)22-6-4-5-7-23(22)28-16-19(14-24(28)29)25(30)26-15-18-8-12-21(13-9-18)33(31,32)27-20-10-11-20/h4-9,12-13,17,19-20,27H,3,10-11,14-16H2,1-2H3,(H,26,30). The summed E-state index contributed by atoms with van der Waals surface area (Å²) in [5.41, 5.74) is 2.82. The lowest BCUT2D eigenvalue weighted by molar-refractivity contribution is -0.126. The molecule has 7 nitrogen and oxygen atoms in total. The Morgan fingerprint density at radius 3 is 2.48 bits per heavy atom. The van der Waals surface area contributed by atoms with E-state index in [1.165, 1.54) is 0 Å². The molecule has 1 aliphatic carbocycles. The molecule has 4 rings (SSSR count). The van der Waals surface area contributed by atoms with Gasteiger partial charge in [0.1, 0.15) is 0 Å². The van der Waals surface area contributed by atoms with Crippen LogP contribution in [0.2, 0.25) is 0 Å². The highest BCUT2D eigenvalue weighted by molar-refractivity contribution is 7.89. The van der Waals surface area contributed by atoms with Crippen LogP contribution in [0.15, 0.2) is 53.4 Å². The van der Waals surface area contributed by atoms with Crippen molar-refractivity contribution in [3.05, 3.63) is 59.7 Å². The monoisotopic (exact) mass is 469 g/mol. The van der Waals surface area contributed by atoms with Crippen molar-refractivity contribution < 1.29 is 18.0 Å². The van der Waals surface area contributed by atoms with E-state index in [1.54, 1.807) is 29.2 Å². The number of para-hydroxylation sites is 1. The van der Waals surface area contributed by atoms with Crippen molar-refractivity contribution in [2.45, 2.75) is 62.9 Å². The van der Waals surface area contributed by atoms with E-state index in [4.69, 9.17) is 0 Å². The van der Waals surface area contributed by atoms with Gasteiger partial charge in [0.15, 0.2) is 0 Å². The molecule has 2 amide bonds. The van der Waals surface area contributed by atoms with Crippen molar-refractivity contribution in [2.75, 3.05) is 11.4 Å². The Morgan fingerprint density at radius 2 is 1.82 bits per heavy atom. The summed E-state index contributed by atoms with van der Waals surface area (Å²) < 4.78 is 27.2. The van der Waals surface area contributed by atoms with Gasteiger partial charge in [0.25, 0.3) is 0 Å². The second-order valence-electron chi connectivity index (χ2n) is 9.03. The maximum atomic E-state index is 12.8. The molecular formula is C25H31N3O4S. The van der Waals surface area contributed by atoms with Crippen molar-refractivity contribution in [1.29, 1.82) is 0 Å². The first-order valence-electron chi connectivity index (χ1n) is 11.6. The van der Waals surface area contributed by atoms with E-state index in [1.807, 2.05) is 24.3 Å². The molecule has 2 aromatic rings. The molecule has 2 aromatic carbocycles. The van der Waals surface area contributed by atoms with E-state index in [9.17, 15) is 18.0 Å². The van der Waals surface area contributed by atoms with Gasteiger partial charge in [-0.15, -0.1) is 0 Å². The molecule has 1 saturated heterocycles. The van der Waals surface area contributed by atoms with Crippen LogP contribution in [0.4, 0.5) is 5.69 Å². The van der Waals surface area contributed by atoms with Gasteiger partial charge in [0.05, 0.1) is 10.8 Å². The van der Waals surface area contributed by atoms with Crippen LogP contribution in [0.5, 0.6) is 0 Å². The lowest BCUT2D eigenvalue weighted by atomic mass is 9.96. The Hall–Kier alpha value is -2.71. The summed E-state index contributed by atoms with van der Waals surface area (Å²) >= 11 is 0. The molecule has 2 aliphatic rings. The van der Waals surface area contributed by atoms with Gasteiger partial charge in [-0.05, 0) is 54.5 Å². The fraction of sp³-hybridized carbons (Fsp3) is 0.440. The lowest BCUT2D eigenvalue weighted by Gasteiger charge is -2.23. The molecule has 1 saturated carbocycles. The van der Waals surface area contributed by atoms with Gasteiger partial charge < -0.3 is 10.2 Å². The first kappa shape index (κ1) is 23.4. The van der Waals surface area contributed by atoms with E-state index < -0.39 is 15.9 Å². The van der Waals surface area contributed by atoms with Gasteiger partial charge in [0.2, 0.25) is 21.8 Å². The maximum Gasteiger partial charge on any atom is 0.240 e. The van der Waals surface area contributed by atoms with E-state index in [0.717, 1.165) is 36.1 Å². The molecule has 1 aliphatic heterocycles. The summed E-state index contributed by atoms with van der Waals surface area (Å²) in [4.78, 5) is 27.5. The minimum absolute atomic E-state index is 0.0383. The Kier molecular flexibility index (Phi) is 6.86. The van der Waals surface area contributed by atoms with Crippen LogP contribution in [0, 0.1) is 5.92 Å². The van der Waals surface area contributed by atoms with Crippen molar-refractivity contribution in [2.24, 2.45) is 5.92 Å². The molecule has 0 aromatic heterocycles. The van der Waals surface area contributed by atoms with E-state index in [0.29, 0.717) is 12.5 Å². The minimum Gasteiger partial charge on any atom is -0.352 e. The predicted octanol–water partition coefficient (Wildman–Crippen LogP) is 3.31. The molecule has 2 N–H and O–H groups in total. The molecular weight excluding hydrogens is 438 g/mol. The summed E-state index contributed by atoms with van der Waals surface area (Å²) in [5.74, 6) is -0.291. The van der Waals surface area contributed by atoms with Crippen molar-refractivity contribution in [3.8, 4) is 0 Å². The number of nitrogens with one attached hydrogen (secondary N) is 2. The quantitative estimate of drug-likeness (QED) is 0.589. The number of amides is 2. The fourth-order valence-corrected chi connectivity index (χ4v) is 5.40. The van der Waals surface area contributed by atoms with Gasteiger partial charge in [-0.25, -0.2) is 13.1 Å². The maximum absolute atomic E-state index is 12.8. The second kappa shape index (κ2) is 9.65. The summed E-state index contributed by atoms with van der Waals surface area (Å²) in [5, 5.41) is 2.90.